The minimum atomic E-state index is -3.80. The Kier molecular flexibility index (Phi) is 6.20. The summed E-state index contributed by atoms with van der Waals surface area (Å²) in [6.07, 6.45) is 1.57. The van der Waals surface area contributed by atoms with E-state index in [4.69, 9.17) is 16.3 Å². The number of aromatic nitrogens is 2. The lowest BCUT2D eigenvalue weighted by Gasteiger charge is -2.26. The van der Waals surface area contributed by atoms with Crippen LogP contribution in [0.1, 0.15) is 16.1 Å². The number of carbonyl (C=O) groups excluding carboxylic acids is 1. The second-order valence-corrected chi connectivity index (χ2v) is 9.55. The van der Waals surface area contributed by atoms with Gasteiger partial charge in [0.1, 0.15) is 0 Å². The second-order valence-electron chi connectivity index (χ2n) is 7.20. The summed E-state index contributed by atoms with van der Waals surface area (Å²) >= 11 is 6.23. The highest BCUT2D eigenvalue weighted by molar-refractivity contribution is 7.89. The molecule has 32 heavy (non-hydrogen) atoms. The molecule has 168 valence electrons. The Morgan fingerprint density at radius 3 is 2.56 bits per heavy atom. The molecule has 2 aromatic carbocycles. The Morgan fingerprint density at radius 1 is 1.16 bits per heavy atom. The van der Waals surface area contributed by atoms with Crippen LogP contribution >= 0.6 is 11.6 Å². The standard InChI is InChI=1S/C21H21ClN4O5S/c1-14-13-23-21(28)26(14)19-5-3-2-4-18(19)24-20(27)16-12-15(6-7-17(16)22)32(29,30)25-8-10-31-11-9-25/h2-7,12-13H,8-11H2,1H3,(H,23,28)(H,24,27). The zero-order valence-corrected chi connectivity index (χ0v) is 18.7. The van der Waals surface area contributed by atoms with Gasteiger partial charge in [-0.15, -0.1) is 0 Å². The monoisotopic (exact) mass is 476 g/mol. The molecule has 2 heterocycles. The smallest absolute Gasteiger partial charge is 0.330 e. The third kappa shape index (κ3) is 4.22. The number of aryl methyl sites for hydroxylation is 1. The molecule has 1 amide bonds. The summed E-state index contributed by atoms with van der Waals surface area (Å²) in [7, 11) is -3.80. The molecular formula is C21H21ClN4O5S. The van der Waals surface area contributed by atoms with Crippen LogP contribution < -0.4 is 11.0 Å². The first-order chi connectivity index (χ1) is 15.3. The minimum Gasteiger partial charge on any atom is -0.379 e. The molecule has 1 aromatic heterocycles. The number of imidazole rings is 1. The first-order valence-corrected chi connectivity index (χ1v) is 11.7. The zero-order valence-electron chi connectivity index (χ0n) is 17.2. The van der Waals surface area contributed by atoms with Gasteiger partial charge in [-0.3, -0.25) is 9.36 Å². The van der Waals surface area contributed by atoms with Crippen molar-refractivity contribution in [3.05, 3.63) is 75.4 Å². The fourth-order valence-electron chi connectivity index (χ4n) is 3.49. The first-order valence-electron chi connectivity index (χ1n) is 9.84. The average Bonchev–Trinajstić information content (AvgIpc) is 3.12. The second kappa shape index (κ2) is 8.91. The van der Waals surface area contributed by atoms with Crippen molar-refractivity contribution >= 4 is 33.2 Å². The number of halogens is 1. The van der Waals surface area contributed by atoms with Crippen LogP contribution in [-0.4, -0.2) is 54.5 Å². The van der Waals surface area contributed by atoms with E-state index in [0.29, 0.717) is 30.3 Å². The van der Waals surface area contributed by atoms with Crippen molar-refractivity contribution in [2.75, 3.05) is 31.6 Å². The SMILES string of the molecule is Cc1c[nH]c(=O)n1-c1ccccc1NC(=O)c1cc(S(=O)(=O)N2CCOCC2)ccc1Cl. The summed E-state index contributed by atoms with van der Waals surface area (Å²) in [6, 6.07) is 10.8. The first kappa shape index (κ1) is 22.3. The van der Waals surface area contributed by atoms with Crippen LogP contribution in [0.25, 0.3) is 5.69 Å². The van der Waals surface area contributed by atoms with Crippen molar-refractivity contribution < 1.29 is 17.9 Å². The number of rotatable bonds is 5. The Morgan fingerprint density at radius 2 is 1.88 bits per heavy atom. The Labute approximate surface area is 189 Å². The minimum absolute atomic E-state index is 0.00828. The molecular weight excluding hydrogens is 456 g/mol. The van der Waals surface area contributed by atoms with Crippen molar-refractivity contribution in [2.45, 2.75) is 11.8 Å². The van der Waals surface area contributed by atoms with Gasteiger partial charge in [-0.25, -0.2) is 13.2 Å². The van der Waals surface area contributed by atoms with E-state index in [9.17, 15) is 18.0 Å². The third-order valence-electron chi connectivity index (χ3n) is 5.14. The number of hydrogen-bond acceptors (Lipinski definition) is 5. The Hall–Kier alpha value is -2.92. The predicted octanol–water partition coefficient (Wildman–Crippen LogP) is 2.40. The molecule has 0 saturated carbocycles. The number of amides is 1. The highest BCUT2D eigenvalue weighted by Gasteiger charge is 2.28. The molecule has 11 heteroatoms. The number of sulfonamides is 1. The maximum atomic E-state index is 13.1. The van der Waals surface area contributed by atoms with Gasteiger partial charge in [0.25, 0.3) is 5.91 Å². The molecule has 9 nitrogen and oxygen atoms in total. The molecule has 1 saturated heterocycles. The number of benzene rings is 2. The number of para-hydroxylation sites is 2. The molecule has 4 rings (SSSR count). The van der Waals surface area contributed by atoms with E-state index in [0.717, 1.165) is 0 Å². The van der Waals surface area contributed by atoms with Crippen LogP contribution in [0.5, 0.6) is 0 Å². The van der Waals surface area contributed by atoms with Crippen molar-refractivity contribution in [3.8, 4) is 5.69 Å². The van der Waals surface area contributed by atoms with E-state index in [2.05, 4.69) is 10.3 Å². The summed E-state index contributed by atoms with van der Waals surface area (Å²) in [5.74, 6) is -0.595. The summed E-state index contributed by atoms with van der Waals surface area (Å²) < 4.78 is 33.9. The molecule has 1 fully saturated rings. The fourth-order valence-corrected chi connectivity index (χ4v) is 5.13. The normalized spacial score (nSPS) is 14.9. The van der Waals surface area contributed by atoms with Crippen LogP contribution in [-0.2, 0) is 14.8 Å². The number of ether oxygens (including phenoxy) is 1. The lowest BCUT2D eigenvalue weighted by atomic mass is 10.2. The van der Waals surface area contributed by atoms with Crippen molar-refractivity contribution in [3.63, 3.8) is 0 Å². The third-order valence-corrected chi connectivity index (χ3v) is 7.37. The predicted molar refractivity (Wildman–Crippen MR) is 120 cm³/mol. The summed E-state index contributed by atoms with van der Waals surface area (Å²) in [6.45, 7) is 2.87. The van der Waals surface area contributed by atoms with Gasteiger partial charge in [-0.1, -0.05) is 23.7 Å². The maximum absolute atomic E-state index is 13.1. The van der Waals surface area contributed by atoms with Gasteiger partial charge < -0.3 is 15.0 Å². The molecule has 0 radical (unpaired) electrons. The zero-order chi connectivity index (χ0) is 22.9. The van der Waals surface area contributed by atoms with Gasteiger partial charge in [0.15, 0.2) is 0 Å². The van der Waals surface area contributed by atoms with Crippen LogP contribution in [0.2, 0.25) is 5.02 Å². The van der Waals surface area contributed by atoms with Crippen LogP contribution in [0.4, 0.5) is 5.69 Å². The van der Waals surface area contributed by atoms with Gasteiger partial charge in [-0.05, 0) is 37.3 Å². The number of morpholine rings is 1. The number of nitrogens with one attached hydrogen (secondary N) is 2. The average molecular weight is 477 g/mol. The summed E-state index contributed by atoms with van der Waals surface area (Å²) in [5.41, 5.74) is 1.17. The number of hydrogen-bond donors (Lipinski definition) is 2. The molecule has 0 atom stereocenters. The van der Waals surface area contributed by atoms with E-state index in [1.807, 2.05) is 0 Å². The van der Waals surface area contributed by atoms with Crippen LogP contribution in [0.3, 0.4) is 0 Å². The van der Waals surface area contributed by atoms with Crippen molar-refractivity contribution in [2.24, 2.45) is 0 Å². The number of aromatic amines is 1. The van der Waals surface area contributed by atoms with Crippen LogP contribution in [0, 0.1) is 6.92 Å². The number of anilines is 1. The van der Waals surface area contributed by atoms with Gasteiger partial charge in [-0.2, -0.15) is 4.31 Å². The topological polar surface area (TPSA) is 114 Å². The Bertz CT molecular complexity index is 1330. The number of nitrogens with zero attached hydrogens (tertiary/aromatic N) is 2. The summed E-state index contributed by atoms with van der Waals surface area (Å²) in [5, 5.41) is 2.85. The Balaban J connectivity index is 1.67. The van der Waals surface area contributed by atoms with Crippen molar-refractivity contribution in [1.82, 2.24) is 13.9 Å². The largest absolute Gasteiger partial charge is 0.379 e. The fraction of sp³-hybridized carbons (Fsp3) is 0.238. The highest BCUT2D eigenvalue weighted by Crippen LogP contribution is 2.26. The molecule has 0 unspecified atom stereocenters. The van der Waals surface area contributed by atoms with Crippen molar-refractivity contribution in [1.29, 1.82) is 0 Å². The lowest BCUT2D eigenvalue weighted by Crippen LogP contribution is -2.40. The van der Waals surface area contributed by atoms with Gasteiger partial charge in [0, 0.05) is 25.0 Å². The van der Waals surface area contributed by atoms with E-state index in [1.54, 1.807) is 37.4 Å². The molecule has 0 aliphatic carbocycles. The molecule has 1 aliphatic heterocycles. The van der Waals surface area contributed by atoms with E-state index in [-0.39, 0.29) is 34.3 Å². The summed E-state index contributed by atoms with van der Waals surface area (Å²) in [4.78, 5) is 27.8. The molecule has 0 bridgehead atoms. The quantitative estimate of drug-likeness (QED) is 0.587. The van der Waals surface area contributed by atoms with E-state index >= 15 is 0 Å². The van der Waals surface area contributed by atoms with Crippen LogP contribution in [0.15, 0.2) is 58.4 Å². The van der Waals surface area contributed by atoms with E-state index < -0.39 is 15.9 Å². The molecule has 2 N–H and O–H groups in total. The molecule has 0 spiro atoms. The van der Waals surface area contributed by atoms with Gasteiger partial charge in [0.2, 0.25) is 10.0 Å². The lowest BCUT2D eigenvalue weighted by molar-refractivity contribution is 0.0730. The van der Waals surface area contributed by atoms with Gasteiger partial charge >= 0.3 is 5.69 Å². The number of carbonyl (C=O) groups is 1. The highest BCUT2D eigenvalue weighted by atomic mass is 35.5. The molecule has 3 aromatic rings. The van der Waals surface area contributed by atoms with Gasteiger partial charge in [0.05, 0.1) is 40.1 Å². The maximum Gasteiger partial charge on any atom is 0.330 e. The number of H-pyrrole nitrogens is 1. The molecule has 1 aliphatic rings. The van der Waals surface area contributed by atoms with E-state index in [1.165, 1.54) is 27.1 Å².